The average Bonchev–Trinajstić information content (AvgIpc) is 3.74. The number of carboxylic acid groups (broad SMARTS) is 1. The summed E-state index contributed by atoms with van der Waals surface area (Å²) < 4.78 is 26.7. The fraction of sp³-hybridized carbons (Fsp3) is 0.800. The number of esters is 1. The number of aromatic nitrogens is 2. The summed E-state index contributed by atoms with van der Waals surface area (Å²) in [5, 5.41) is 30.5. The third-order valence-electron chi connectivity index (χ3n) is 16.8. The van der Waals surface area contributed by atoms with Gasteiger partial charge in [0.05, 0.1) is 42.3 Å². The van der Waals surface area contributed by atoms with Gasteiger partial charge in [-0.15, -0.1) is 5.10 Å². The molecule has 9 atom stereocenters. The molecule has 1 aromatic rings. The number of carbonyl (C=O) groups excluding carboxylic acids is 1. The predicted octanol–water partition coefficient (Wildman–Crippen LogP) is 7.69. The highest BCUT2D eigenvalue weighted by atomic mass is 19.1. The van der Waals surface area contributed by atoms with E-state index in [1.165, 1.54) is 18.0 Å². The van der Waals surface area contributed by atoms with E-state index in [1.54, 1.807) is 19.0 Å². The van der Waals surface area contributed by atoms with E-state index in [0.29, 0.717) is 43.2 Å². The molecule has 0 saturated heterocycles. The van der Waals surface area contributed by atoms with Gasteiger partial charge < -0.3 is 24.6 Å². The van der Waals surface area contributed by atoms with Crippen LogP contribution in [-0.4, -0.2) is 94.2 Å². The van der Waals surface area contributed by atoms with Crippen LogP contribution in [0.5, 0.6) is 0 Å². The Hall–Kier alpha value is -3.32. The molecule has 4 saturated carbocycles. The van der Waals surface area contributed by atoms with Crippen molar-refractivity contribution in [1.82, 2.24) is 20.0 Å². The number of anilines is 1. The Morgan fingerprint density at radius 1 is 0.983 bits per heavy atom. The molecular weight excluding hydrogens is 740 g/mol. The van der Waals surface area contributed by atoms with Gasteiger partial charge in [0.15, 0.2) is 12.5 Å². The lowest BCUT2D eigenvalue weighted by Gasteiger charge is -2.72. The number of aliphatic hydroxyl groups is 1. The van der Waals surface area contributed by atoms with Crippen molar-refractivity contribution in [2.75, 3.05) is 38.9 Å². The van der Waals surface area contributed by atoms with Gasteiger partial charge >= 0.3 is 11.9 Å². The van der Waals surface area contributed by atoms with Gasteiger partial charge in [-0.3, -0.25) is 9.59 Å². The third kappa shape index (κ3) is 6.63. The fourth-order valence-electron chi connectivity index (χ4n) is 13.6. The van der Waals surface area contributed by atoms with Crippen LogP contribution in [0.2, 0.25) is 0 Å². The highest BCUT2D eigenvalue weighted by Crippen LogP contribution is 2.77. The minimum atomic E-state index is -1.18. The number of hydrogen-bond donors (Lipinski definition) is 2. The second-order valence-electron chi connectivity index (χ2n) is 21.3. The van der Waals surface area contributed by atoms with Crippen LogP contribution in [0.15, 0.2) is 28.6 Å². The number of likely N-dealkylation sites (N-methyl/N-ethyl adjacent to an activating group) is 1. The van der Waals surface area contributed by atoms with Gasteiger partial charge in [-0.05, 0) is 137 Å². The molecule has 6 aliphatic rings. The van der Waals surface area contributed by atoms with Gasteiger partial charge in [-0.25, -0.2) is 19.4 Å². The Morgan fingerprint density at radius 2 is 1.67 bits per heavy atom. The largest absolute Gasteiger partial charge is 0.481 e. The maximum Gasteiger partial charge on any atom is 0.309 e. The van der Waals surface area contributed by atoms with Crippen molar-refractivity contribution in [2.45, 2.75) is 139 Å². The number of aliphatic hydroxyl groups excluding tert-OH is 1. The molecule has 13 heteroatoms. The van der Waals surface area contributed by atoms with Gasteiger partial charge in [-0.1, -0.05) is 48.5 Å². The quantitative estimate of drug-likeness (QED) is 0.168. The minimum absolute atomic E-state index is 0.0264. The molecule has 2 heterocycles. The van der Waals surface area contributed by atoms with Crippen LogP contribution >= 0.6 is 0 Å². The van der Waals surface area contributed by atoms with E-state index in [2.05, 4.69) is 63.3 Å². The lowest BCUT2D eigenvalue weighted by molar-refractivity contribution is -0.232. The van der Waals surface area contributed by atoms with Crippen LogP contribution in [0, 0.1) is 62.0 Å². The van der Waals surface area contributed by atoms with Crippen LogP contribution < -0.4 is 5.01 Å². The molecule has 2 N–H and O–H groups in total. The normalized spacial score (nSPS) is 36.8. The number of nitrogens with zero attached hydrogens (tertiary/aromatic N) is 6. The first-order valence-electron chi connectivity index (χ1n) is 21.8. The molecule has 4 fully saturated rings. The molecule has 4 unspecified atom stereocenters. The lowest BCUT2D eigenvalue weighted by Crippen LogP contribution is -2.66. The monoisotopic (exact) mass is 809 g/mol. The molecule has 12 nitrogen and oxygen atoms in total. The molecule has 0 bridgehead atoms. The molecule has 58 heavy (non-hydrogen) atoms. The third-order valence-corrected chi connectivity index (χ3v) is 16.8. The summed E-state index contributed by atoms with van der Waals surface area (Å²) in [5.41, 5.74) is 0.600. The Balaban J connectivity index is 1.19. The zero-order chi connectivity index (χ0) is 42.4. The van der Waals surface area contributed by atoms with Crippen LogP contribution in [-0.2, 0) is 19.1 Å². The van der Waals surface area contributed by atoms with Gasteiger partial charge in [0.25, 0.3) is 0 Å². The summed E-state index contributed by atoms with van der Waals surface area (Å²) in [6.45, 7) is 21.2. The predicted molar refractivity (Wildman–Crippen MR) is 219 cm³/mol. The Kier molecular flexibility index (Phi) is 10.8. The average molecular weight is 809 g/mol. The summed E-state index contributed by atoms with van der Waals surface area (Å²) in [5.74, 6) is 0.325. The van der Waals surface area contributed by atoms with E-state index >= 15 is 0 Å². The highest BCUT2D eigenvalue weighted by Gasteiger charge is 2.71. The number of halogens is 1. The zero-order valence-electron chi connectivity index (χ0n) is 36.9. The summed E-state index contributed by atoms with van der Waals surface area (Å²) in [4.78, 5) is 35.6. The van der Waals surface area contributed by atoms with Crippen LogP contribution in [0.3, 0.4) is 0 Å². The summed E-state index contributed by atoms with van der Waals surface area (Å²) in [7, 11) is 4.00. The van der Waals surface area contributed by atoms with Crippen molar-refractivity contribution in [3.05, 3.63) is 29.4 Å². The van der Waals surface area contributed by atoms with E-state index in [9.17, 15) is 24.2 Å². The first-order valence-corrected chi connectivity index (χ1v) is 21.8. The number of aliphatic carboxylic acids is 1. The van der Waals surface area contributed by atoms with Crippen molar-refractivity contribution in [3.8, 4) is 0 Å². The molecule has 322 valence electrons. The number of carboxylic acids is 1. The number of carbonyl (C=O) groups is 2. The SMILES string of the molecule is CC(C)C1=C2C3CC[C@@H]4C5(C)CCC(OC(=O)CC(C)(C)C(=O)O)C(C)(C)[C@@H]5CC[C@@]4(C)[C@]3(C)CCC2(C2=NN(N(CCN(C)C)c3ncc(F)cn3)CO2)C[C@@H]1O. The van der Waals surface area contributed by atoms with E-state index in [4.69, 9.17) is 14.6 Å². The minimum Gasteiger partial charge on any atom is -0.481 e. The topological polar surface area (TPSA) is 141 Å². The van der Waals surface area contributed by atoms with E-state index in [-0.39, 0.29) is 52.8 Å². The standard InChI is InChI=1S/C45H69FN6O6/c1-27(2)35-30(53)22-45(37-49-52(26-57-37)51(21-20-50(10)11)39-47-24-28(46)25-48-39)19-18-43(8)29(36(35)45)12-13-32-42(7)16-15-33(58-34(54)23-40(3,4)38(55)56)41(5,6)31(42)14-17-44(32,43)9/h24-25,27,29-33,53H,12-23,26H2,1-11H3,(H,55,56)/t29?,30-,31-,32+,33?,42?,43+,44+,45?/m0/s1. The maximum absolute atomic E-state index is 13.9. The van der Waals surface area contributed by atoms with Crippen LogP contribution in [0.1, 0.15) is 127 Å². The Bertz CT molecular complexity index is 1830. The molecule has 0 amide bonds. The van der Waals surface area contributed by atoms with Crippen molar-refractivity contribution in [1.29, 1.82) is 0 Å². The number of fused-ring (bicyclic) bond motifs is 7. The zero-order valence-corrected chi connectivity index (χ0v) is 36.9. The summed E-state index contributed by atoms with van der Waals surface area (Å²) >= 11 is 0. The van der Waals surface area contributed by atoms with Crippen molar-refractivity contribution < 1.29 is 33.7 Å². The molecular formula is C45H69FN6O6. The van der Waals surface area contributed by atoms with Gasteiger partial charge in [-0.2, -0.15) is 5.12 Å². The maximum atomic E-state index is 13.9. The number of ether oxygens (including phenoxy) is 2. The molecule has 0 radical (unpaired) electrons. The Morgan fingerprint density at radius 3 is 2.31 bits per heavy atom. The van der Waals surface area contributed by atoms with E-state index < -0.39 is 34.7 Å². The smallest absolute Gasteiger partial charge is 0.309 e. The number of hydrogen-bond acceptors (Lipinski definition) is 11. The van der Waals surface area contributed by atoms with Crippen molar-refractivity contribution in [3.63, 3.8) is 0 Å². The van der Waals surface area contributed by atoms with E-state index in [1.807, 2.05) is 19.1 Å². The van der Waals surface area contributed by atoms with E-state index in [0.717, 1.165) is 56.9 Å². The number of hydrazone groups is 1. The second-order valence-corrected chi connectivity index (χ2v) is 21.3. The highest BCUT2D eigenvalue weighted by molar-refractivity contribution is 5.88. The molecule has 5 aliphatic carbocycles. The van der Waals surface area contributed by atoms with Gasteiger partial charge in [0, 0.05) is 12.0 Å². The first kappa shape index (κ1) is 42.8. The van der Waals surface area contributed by atoms with Crippen LogP contribution in [0.4, 0.5) is 10.3 Å². The number of hydrazine groups is 1. The lowest BCUT2D eigenvalue weighted by atomic mass is 9.33. The second kappa shape index (κ2) is 14.7. The molecule has 1 aromatic heterocycles. The molecule has 7 rings (SSSR count). The first-order chi connectivity index (χ1) is 27.0. The number of rotatable bonds is 11. The molecule has 0 spiro atoms. The van der Waals surface area contributed by atoms with Crippen molar-refractivity contribution in [2.24, 2.45) is 61.3 Å². The Labute approximate surface area is 345 Å². The molecule has 0 aromatic carbocycles. The van der Waals surface area contributed by atoms with Crippen LogP contribution in [0.25, 0.3) is 0 Å². The summed E-state index contributed by atoms with van der Waals surface area (Å²) in [6.07, 6.45) is 9.70. The molecule has 1 aliphatic heterocycles. The van der Waals surface area contributed by atoms with Gasteiger partial charge in [0.1, 0.15) is 6.10 Å². The fourth-order valence-corrected chi connectivity index (χ4v) is 13.6. The van der Waals surface area contributed by atoms with Crippen molar-refractivity contribution >= 4 is 23.8 Å². The van der Waals surface area contributed by atoms with Gasteiger partial charge in [0.2, 0.25) is 11.8 Å². The summed E-state index contributed by atoms with van der Waals surface area (Å²) in [6, 6.07) is 0.